The number of aryl methyl sites for hydroxylation is 1. The van der Waals surface area contributed by atoms with Crippen LogP contribution in [-0.4, -0.2) is 9.67 Å². The second-order valence-corrected chi connectivity index (χ2v) is 2.46. The normalized spacial score (nSPS) is 10.3. The van der Waals surface area contributed by atoms with Crippen molar-refractivity contribution >= 4 is 11.6 Å². The Morgan fingerprint density at radius 2 is 2.40 bits per heavy atom. The lowest BCUT2D eigenvalue weighted by Crippen LogP contribution is -1.98. The van der Waals surface area contributed by atoms with Gasteiger partial charge < -0.3 is 9.67 Å². The molecule has 0 aliphatic heterocycles. The van der Waals surface area contributed by atoms with Gasteiger partial charge in [-0.15, -0.1) is 0 Å². The summed E-state index contributed by atoms with van der Waals surface area (Å²) in [5.41, 5.74) is 0.796. The maximum absolute atomic E-state index is 8.81. The first-order valence-electron chi connectivity index (χ1n) is 3.24. The van der Waals surface area contributed by atoms with Crippen molar-refractivity contribution in [2.24, 2.45) is 0 Å². The van der Waals surface area contributed by atoms with Gasteiger partial charge in [0.2, 0.25) is 0 Å². The molecule has 0 aromatic carbocycles. The lowest BCUT2D eigenvalue weighted by molar-refractivity contribution is 0.271. The molecule has 0 fully saturated rings. The summed E-state index contributed by atoms with van der Waals surface area (Å²) in [7, 11) is 0. The molecule has 0 spiro atoms. The third kappa shape index (κ3) is 1.18. The van der Waals surface area contributed by atoms with Crippen LogP contribution in [0, 0.1) is 0 Å². The SMILES string of the molecule is CCn1ccc(Cl)c1CO. The van der Waals surface area contributed by atoms with Crippen molar-refractivity contribution in [1.82, 2.24) is 4.57 Å². The standard InChI is InChI=1S/C7H10ClNO/c1-2-9-4-3-6(8)7(9)5-10/h3-4,10H,2,5H2,1H3. The summed E-state index contributed by atoms with van der Waals surface area (Å²) in [5.74, 6) is 0. The molecule has 56 valence electrons. The van der Waals surface area contributed by atoms with Gasteiger partial charge in [0.15, 0.2) is 0 Å². The van der Waals surface area contributed by atoms with Crippen LogP contribution in [0.3, 0.4) is 0 Å². The Bertz CT molecular complexity index is 219. The Balaban J connectivity index is 3.01. The minimum absolute atomic E-state index is 0.0136. The lowest BCUT2D eigenvalue weighted by atomic mass is 10.4. The van der Waals surface area contributed by atoms with Crippen molar-refractivity contribution in [3.63, 3.8) is 0 Å². The molecular formula is C7H10ClNO. The zero-order chi connectivity index (χ0) is 7.56. The molecule has 1 aromatic heterocycles. The molecule has 0 amide bonds. The third-order valence-corrected chi connectivity index (χ3v) is 1.86. The first-order chi connectivity index (χ1) is 4.79. The van der Waals surface area contributed by atoms with E-state index in [1.165, 1.54) is 0 Å². The molecule has 2 nitrogen and oxygen atoms in total. The van der Waals surface area contributed by atoms with E-state index in [1.807, 2.05) is 17.7 Å². The van der Waals surface area contributed by atoms with Crippen LogP contribution in [0.1, 0.15) is 12.6 Å². The van der Waals surface area contributed by atoms with E-state index in [-0.39, 0.29) is 6.61 Å². The molecule has 0 saturated heterocycles. The molecule has 1 heterocycles. The first-order valence-corrected chi connectivity index (χ1v) is 3.61. The fourth-order valence-electron chi connectivity index (χ4n) is 0.941. The van der Waals surface area contributed by atoms with E-state index in [0.29, 0.717) is 5.02 Å². The number of halogens is 1. The number of aromatic nitrogens is 1. The van der Waals surface area contributed by atoms with E-state index in [9.17, 15) is 0 Å². The van der Waals surface area contributed by atoms with Crippen molar-refractivity contribution in [3.05, 3.63) is 23.0 Å². The number of aliphatic hydroxyl groups is 1. The van der Waals surface area contributed by atoms with Crippen LogP contribution in [-0.2, 0) is 13.2 Å². The Morgan fingerprint density at radius 3 is 2.80 bits per heavy atom. The summed E-state index contributed by atoms with van der Waals surface area (Å²) < 4.78 is 1.92. The largest absolute Gasteiger partial charge is 0.390 e. The average molecular weight is 160 g/mol. The fourth-order valence-corrected chi connectivity index (χ4v) is 1.17. The Hall–Kier alpha value is -0.470. The summed E-state index contributed by atoms with van der Waals surface area (Å²) in [6.07, 6.45) is 1.87. The quantitative estimate of drug-likeness (QED) is 0.698. The van der Waals surface area contributed by atoms with Gasteiger partial charge in [-0.1, -0.05) is 11.6 Å². The second-order valence-electron chi connectivity index (χ2n) is 2.05. The van der Waals surface area contributed by atoms with Crippen LogP contribution >= 0.6 is 11.6 Å². The Labute approximate surface area is 65.0 Å². The van der Waals surface area contributed by atoms with Crippen molar-refractivity contribution in [2.75, 3.05) is 0 Å². The number of aliphatic hydroxyl groups excluding tert-OH is 1. The first kappa shape index (κ1) is 7.63. The van der Waals surface area contributed by atoms with Gasteiger partial charge in [-0.05, 0) is 13.0 Å². The summed E-state index contributed by atoms with van der Waals surface area (Å²) in [5, 5.41) is 9.46. The van der Waals surface area contributed by atoms with Gasteiger partial charge in [0.25, 0.3) is 0 Å². The van der Waals surface area contributed by atoms with E-state index < -0.39 is 0 Å². The summed E-state index contributed by atoms with van der Waals surface area (Å²) in [4.78, 5) is 0. The van der Waals surface area contributed by atoms with Crippen LogP contribution in [0.25, 0.3) is 0 Å². The van der Waals surface area contributed by atoms with Crippen LogP contribution in [0.15, 0.2) is 12.3 Å². The van der Waals surface area contributed by atoms with E-state index in [2.05, 4.69) is 0 Å². The van der Waals surface area contributed by atoms with Gasteiger partial charge in [0, 0.05) is 12.7 Å². The molecule has 3 heteroatoms. The second kappa shape index (κ2) is 3.08. The van der Waals surface area contributed by atoms with Crippen LogP contribution in [0.4, 0.5) is 0 Å². The summed E-state index contributed by atoms with van der Waals surface area (Å²) >= 11 is 5.74. The zero-order valence-electron chi connectivity index (χ0n) is 5.84. The molecule has 0 aliphatic carbocycles. The maximum atomic E-state index is 8.81. The van der Waals surface area contributed by atoms with Gasteiger partial charge in [0.05, 0.1) is 17.3 Å². The molecular weight excluding hydrogens is 150 g/mol. The highest BCUT2D eigenvalue weighted by Crippen LogP contribution is 2.16. The fraction of sp³-hybridized carbons (Fsp3) is 0.429. The predicted octanol–water partition coefficient (Wildman–Crippen LogP) is 1.65. The van der Waals surface area contributed by atoms with Gasteiger partial charge in [-0.2, -0.15) is 0 Å². The molecule has 1 N–H and O–H groups in total. The summed E-state index contributed by atoms with van der Waals surface area (Å²) in [6.45, 7) is 2.87. The molecule has 0 aliphatic rings. The van der Waals surface area contributed by atoms with Crippen LogP contribution in [0.5, 0.6) is 0 Å². The Morgan fingerprint density at radius 1 is 1.70 bits per heavy atom. The molecule has 0 saturated carbocycles. The van der Waals surface area contributed by atoms with Gasteiger partial charge in [0.1, 0.15) is 0 Å². The number of hydrogen-bond donors (Lipinski definition) is 1. The highest BCUT2D eigenvalue weighted by Gasteiger charge is 2.02. The van der Waals surface area contributed by atoms with Crippen molar-refractivity contribution < 1.29 is 5.11 Å². The Kier molecular flexibility index (Phi) is 2.35. The van der Waals surface area contributed by atoms with Gasteiger partial charge >= 0.3 is 0 Å². The van der Waals surface area contributed by atoms with E-state index in [1.54, 1.807) is 6.07 Å². The predicted molar refractivity (Wildman–Crippen MR) is 41.0 cm³/mol. The van der Waals surface area contributed by atoms with Crippen molar-refractivity contribution in [1.29, 1.82) is 0 Å². The number of nitrogens with zero attached hydrogens (tertiary/aromatic N) is 1. The van der Waals surface area contributed by atoms with E-state index in [4.69, 9.17) is 16.7 Å². The zero-order valence-corrected chi connectivity index (χ0v) is 6.60. The molecule has 1 rings (SSSR count). The molecule has 10 heavy (non-hydrogen) atoms. The number of hydrogen-bond acceptors (Lipinski definition) is 1. The molecule has 0 radical (unpaired) electrons. The van der Waals surface area contributed by atoms with E-state index >= 15 is 0 Å². The number of rotatable bonds is 2. The highest BCUT2D eigenvalue weighted by molar-refractivity contribution is 6.31. The molecule has 0 unspecified atom stereocenters. The highest BCUT2D eigenvalue weighted by atomic mass is 35.5. The van der Waals surface area contributed by atoms with Crippen molar-refractivity contribution in [2.45, 2.75) is 20.1 Å². The third-order valence-electron chi connectivity index (χ3n) is 1.51. The topological polar surface area (TPSA) is 25.2 Å². The maximum Gasteiger partial charge on any atom is 0.0848 e. The monoisotopic (exact) mass is 159 g/mol. The van der Waals surface area contributed by atoms with Gasteiger partial charge in [-0.25, -0.2) is 0 Å². The molecule has 0 atom stereocenters. The minimum Gasteiger partial charge on any atom is -0.390 e. The van der Waals surface area contributed by atoms with E-state index in [0.717, 1.165) is 12.2 Å². The molecule has 1 aromatic rings. The van der Waals surface area contributed by atoms with Gasteiger partial charge in [-0.3, -0.25) is 0 Å². The molecule has 0 bridgehead atoms. The van der Waals surface area contributed by atoms with Crippen LogP contribution in [0.2, 0.25) is 5.02 Å². The van der Waals surface area contributed by atoms with Crippen LogP contribution < -0.4 is 0 Å². The lowest BCUT2D eigenvalue weighted by Gasteiger charge is -2.01. The average Bonchev–Trinajstić information content (AvgIpc) is 2.30. The van der Waals surface area contributed by atoms with Crippen molar-refractivity contribution in [3.8, 4) is 0 Å². The smallest absolute Gasteiger partial charge is 0.0848 e. The minimum atomic E-state index is 0.0136. The summed E-state index contributed by atoms with van der Waals surface area (Å²) in [6, 6.07) is 1.79.